The predicted molar refractivity (Wildman–Crippen MR) is 101 cm³/mol. The van der Waals surface area contributed by atoms with E-state index in [0.29, 0.717) is 32.4 Å². The van der Waals surface area contributed by atoms with E-state index in [0.717, 1.165) is 12.8 Å². The van der Waals surface area contributed by atoms with Crippen LogP contribution in [0.5, 0.6) is 0 Å². The molecule has 0 unspecified atom stereocenters. The van der Waals surface area contributed by atoms with Gasteiger partial charge in [0, 0.05) is 42.2 Å². The minimum Gasteiger partial charge on any atom is -0.374 e. The van der Waals surface area contributed by atoms with E-state index in [1.54, 1.807) is 0 Å². The van der Waals surface area contributed by atoms with Crippen LogP contribution in [-0.2, 0) is 13.3 Å². The second kappa shape index (κ2) is 12.8. The third kappa shape index (κ3) is 8.17. The highest BCUT2D eigenvalue weighted by Gasteiger charge is 2.39. The van der Waals surface area contributed by atoms with E-state index < -0.39 is 8.80 Å². The number of nitrogens with one attached hydrogen (secondary N) is 1. The van der Waals surface area contributed by atoms with Crippen molar-refractivity contribution in [3.8, 4) is 0 Å². The average molecular weight is 396 g/mol. The molecule has 0 atom stereocenters. The van der Waals surface area contributed by atoms with Crippen LogP contribution < -0.4 is 5.32 Å². The fraction of sp³-hybridized carbons (Fsp3) is 0.769. The molecular weight excluding hydrogens is 372 g/mol. The van der Waals surface area contributed by atoms with Crippen molar-refractivity contribution < 1.29 is 13.3 Å². The Morgan fingerprint density at radius 3 is 1.85 bits per heavy atom. The van der Waals surface area contributed by atoms with E-state index in [1.807, 2.05) is 20.8 Å². The van der Waals surface area contributed by atoms with Gasteiger partial charge in [-0.1, -0.05) is 0 Å². The molecule has 0 saturated heterocycles. The summed E-state index contributed by atoms with van der Waals surface area (Å²) in [6.07, 6.45) is 1.60. The highest BCUT2D eigenvalue weighted by atomic mass is 28.4. The monoisotopic (exact) mass is 396 g/mol. The number of unbranched alkanes of at least 4 members (excludes halogenated alkanes) is 1. The smallest absolute Gasteiger partial charge is 0.374 e. The molecule has 0 bridgehead atoms. The summed E-state index contributed by atoms with van der Waals surface area (Å²) < 4.78 is 17.4. The van der Waals surface area contributed by atoms with Crippen LogP contribution in [0, 0.1) is 0 Å². The molecule has 0 amide bonds. The Hall–Kier alpha value is -2.47. The summed E-state index contributed by atoms with van der Waals surface area (Å²) in [6, 6.07) is 0.704. The molecule has 14 heteroatoms. The van der Waals surface area contributed by atoms with Crippen molar-refractivity contribution in [2.45, 2.75) is 39.7 Å². The fourth-order valence-electron chi connectivity index (χ4n) is 2.27. The molecule has 0 aliphatic carbocycles. The zero-order valence-corrected chi connectivity index (χ0v) is 16.7. The third-order valence-electron chi connectivity index (χ3n) is 3.17. The maximum Gasteiger partial charge on any atom is 0.500 e. The lowest BCUT2D eigenvalue weighted by atomic mass is 10.3. The highest BCUT2D eigenvalue weighted by molar-refractivity contribution is 6.60. The number of nitrogens with zero attached hydrogens (tertiary/aromatic N) is 9. The van der Waals surface area contributed by atoms with Gasteiger partial charge in [0.05, 0.1) is 0 Å². The Bertz CT molecular complexity index is 625. The second-order valence-corrected chi connectivity index (χ2v) is 7.74. The van der Waals surface area contributed by atoms with E-state index in [9.17, 15) is 0 Å². The van der Waals surface area contributed by atoms with Gasteiger partial charge in [-0.15, -0.1) is 0 Å². The number of aromatic nitrogens is 3. The molecule has 1 aromatic heterocycles. The standard InChI is InChI=1S/C13H24N10O3Si/c1-4-24-27(25-5-2,26-6-3)10-8-7-9-16-11-17-12(20-22-14)19-13(18-11)21-23-15/h4-10H2,1-3H3,(H,16,17,18,19). The molecule has 0 fully saturated rings. The van der Waals surface area contributed by atoms with Gasteiger partial charge in [-0.05, 0) is 54.9 Å². The van der Waals surface area contributed by atoms with Crippen molar-refractivity contribution in [2.24, 2.45) is 10.2 Å². The quantitative estimate of drug-likeness (QED) is 0.162. The van der Waals surface area contributed by atoms with E-state index in [4.69, 9.17) is 24.3 Å². The van der Waals surface area contributed by atoms with E-state index in [1.165, 1.54) is 0 Å². The lowest BCUT2D eigenvalue weighted by molar-refractivity contribution is 0.0707. The number of hydrogen-bond donors (Lipinski definition) is 1. The van der Waals surface area contributed by atoms with Crippen LogP contribution in [0.4, 0.5) is 17.8 Å². The van der Waals surface area contributed by atoms with Gasteiger partial charge in [-0.2, -0.15) is 9.97 Å². The first-order valence-electron chi connectivity index (χ1n) is 8.65. The lowest BCUT2D eigenvalue weighted by Crippen LogP contribution is -2.45. The Kier molecular flexibility index (Phi) is 10.7. The van der Waals surface area contributed by atoms with Crippen LogP contribution in [0.25, 0.3) is 20.9 Å². The van der Waals surface area contributed by atoms with Gasteiger partial charge in [0.25, 0.3) is 0 Å². The van der Waals surface area contributed by atoms with Crippen LogP contribution >= 0.6 is 0 Å². The lowest BCUT2D eigenvalue weighted by Gasteiger charge is -2.28. The zero-order valence-electron chi connectivity index (χ0n) is 15.7. The van der Waals surface area contributed by atoms with Crippen molar-refractivity contribution in [3.63, 3.8) is 0 Å². The summed E-state index contributed by atoms with van der Waals surface area (Å²) in [5.41, 5.74) is 17.0. The molecule has 1 N–H and O–H groups in total. The van der Waals surface area contributed by atoms with Gasteiger partial charge in [0.15, 0.2) is 0 Å². The highest BCUT2D eigenvalue weighted by Crippen LogP contribution is 2.19. The number of rotatable bonds is 14. The van der Waals surface area contributed by atoms with Crippen LogP contribution in [0.15, 0.2) is 10.2 Å². The van der Waals surface area contributed by atoms with Crippen molar-refractivity contribution in [3.05, 3.63) is 20.9 Å². The van der Waals surface area contributed by atoms with Crippen LogP contribution in [0.2, 0.25) is 6.04 Å². The van der Waals surface area contributed by atoms with Gasteiger partial charge in [-0.25, -0.2) is 4.98 Å². The average Bonchev–Trinajstić information content (AvgIpc) is 2.62. The number of hydrogen-bond acceptors (Lipinski definition) is 9. The molecule has 27 heavy (non-hydrogen) atoms. The maximum absolute atomic E-state index is 8.49. The summed E-state index contributed by atoms with van der Waals surface area (Å²) in [6.45, 7) is 7.93. The summed E-state index contributed by atoms with van der Waals surface area (Å²) in [4.78, 5) is 16.8. The molecule has 13 nitrogen and oxygen atoms in total. The minimum atomic E-state index is -2.64. The van der Waals surface area contributed by atoms with E-state index >= 15 is 0 Å². The van der Waals surface area contributed by atoms with Gasteiger partial charge in [0.1, 0.15) is 0 Å². The van der Waals surface area contributed by atoms with E-state index in [-0.39, 0.29) is 17.8 Å². The van der Waals surface area contributed by atoms with Crippen LogP contribution in [0.1, 0.15) is 33.6 Å². The fourth-order valence-corrected chi connectivity index (χ4v) is 4.96. The minimum absolute atomic E-state index is 0.165. The molecule has 0 aliphatic rings. The Morgan fingerprint density at radius 2 is 1.41 bits per heavy atom. The molecule has 1 aromatic rings. The van der Waals surface area contributed by atoms with Crippen molar-refractivity contribution in [2.75, 3.05) is 31.7 Å². The maximum atomic E-state index is 8.49. The van der Waals surface area contributed by atoms with Gasteiger partial charge >= 0.3 is 8.80 Å². The van der Waals surface area contributed by atoms with Crippen molar-refractivity contribution >= 4 is 26.6 Å². The predicted octanol–water partition coefficient (Wildman–Crippen LogP) is 4.00. The zero-order chi connectivity index (χ0) is 20.0. The van der Waals surface area contributed by atoms with E-state index in [2.05, 4.69) is 40.3 Å². The molecule has 1 rings (SSSR count). The number of azide groups is 2. The Labute approximate surface area is 158 Å². The van der Waals surface area contributed by atoms with Crippen LogP contribution in [-0.4, -0.2) is 50.1 Å². The molecule has 1 heterocycles. The largest absolute Gasteiger partial charge is 0.500 e. The van der Waals surface area contributed by atoms with Gasteiger partial charge < -0.3 is 18.6 Å². The van der Waals surface area contributed by atoms with Crippen molar-refractivity contribution in [1.29, 1.82) is 0 Å². The molecule has 0 radical (unpaired) electrons. The van der Waals surface area contributed by atoms with Crippen molar-refractivity contribution in [1.82, 2.24) is 15.0 Å². The second-order valence-electron chi connectivity index (χ2n) is 5.00. The Balaban J connectivity index is 2.61. The molecule has 0 aliphatic heterocycles. The first-order chi connectivity index (χ1) is 13.1. The third-order valence-corrected chi connectivity index (χ3v) is 6.32. The summed E-state index contributed by atoms with van der Waals surface area (Å²) in [7, 11) is -2.64. The molecule has 148 valence electrons. The molecule has 0 spiro atoms. The molecular formula is C13H24N10O3Si. The summed E-state index contributed by atoms with van der Waals surface area (Å²) in [5.74, 6) is -0.182. The van der Waals surface area contributed by atoms with Gasteiger partial charge in [-0.3, -0.25) is 0 Å². The van der Waals surface area contributed by atoms with Crippen LogP contribution in [0.3, 0.4) is 0 Å². The van der Waals surface area contributed by atoms with Gasteiger partial charge in [0.2, 0.25) is 17.8 Å². The Morgan fingerprint density at radius 1 is 0.889 bits per heavy atom. The topological polar surface area (TPSA) is 176 Å². The SMILES string of the molecule is CCO[Si](CCCCNc1nc(N=[N+]=[N-])nc(N=[N+]=[N-])n1)(OCC)OCC. The first-order valence-corrected chi connectivity index (χ1v) is 10.6. The number of anilines is 1. The summed E-state index contributed by atoms with van der Waals surface area (Å²) in [5, 5.41) is 9.59. The normalized spacial score (nSPS) is 10.8. The molecule has 0 aromatic carbocycles. The molecule has 0 saturated carbocycles. The first kappa shape index (κ1) is 22.6. The summed E-state index contributed by atoms with van der Waals surface area (Å²) >= 11 is 0.